The van der Waals surface area contributed by atoms with Crippen LogP contribution in [0.4, 0.5) is 17.2 Å². The number of hydrogen-bond acceptors (Lipinski definition) is 6. The highest BCUT2D eigenvalue weighted by Crippen LogP contribution is 2.20. The first-order valence-electron chi connectivity index (χ1n) is 10.4. The third kappa shape index (κ3) is 4.73. The average Bonchev–Trinajstić information content (AvgIpc) is 2.92. The van der Waals surface area contributed by atoms with Crippen LogP contribution in [0.2, 0.25) is 0 Å². The van der Waals surface area contributed by atoms with E-state index >= 15 is 0 Å². The average molecular weight is 423 g/mol. The Hall–Kier alpha value is -3.69. The number of rotatable bonds is 5. The molecule has 0 atom stereocenters. The van der Waals surface area contributed by atoms with Crippen molar-refractivity contribution in [2.24, 2.45) is 0 Å². The van der Waals surface area contributed by atoms with Gasteiger partial charge < -0.3 is 15.5 Å². The number of benzene rings is 1. The van der Waals surface area contributed by atoms with Crippen LogP contribution in [-0.2, 0) is 16.1 Å². The molecule has 0 aliphatic carbocycles. The lowest BCUT2D eigenvalue weighted by atomic mass is 10.2. The lowest BCUT2D eigenvalue weighted by Gasteiger charge is -2.20. The second-order valence-corrected chi connectivity index (χ2v) is 7.59. The Kier molecular flexibility index (Phi) is 5.96. The largest absolute Gasteiger partial charge is 0.353 e. The van der Waals surface area contributed by atoms with Crippen molar-refractivity contribution in [2.75, 3.05) is 28.6 Å². The zero-order valence-corrected chi connectivity index (χ0v) is 17.4. The SMILES string of the molecule is CC(=O)Nc1ccc(NC(=O)Cn2nc3c(N4CCCCCC4)nccn3c2=O)cc1. The first-order valence-corrected chi connectivity index (χ1v) is 10.4. The predicted molar refractivity (Wildman–Crippen MR) is 117 cm³/mol. The number of nitrogens with zero attached hydrogens (tertiary/aromatic N) is 5. The Bertz CT molecular complexity index is 1140. The van der Waals surface area contributed by atoms with Crippen LogP contribution >= 0.6 is 0 Å². The summed E-state index contributed by atoms with van der Waals surface area (Å²) in [5.41, 5.74) is 1.27. The van der Waals surface area contributed by atoms with Crippen molar-refractivity contribution in [3.05, 3.63) is 47.1 Å². The van der Waals surface area contributed by atoms with Crippen LogP contribution in [0.25, 0.3) is 5.65 Å². The number of hydrogen-bond donors (Lipinski definition) is 2. The molecule has 1 aliphatic heterocycles. The number of fused-ring (bicyclic) bond motifs is 1. The molecule has 2 aromatic heterocycles. The Morgan fingerprint density at radius 3 is 2.29 bits per heavy atom. The van der Waals surface area contributed by atoms with Gasteiger partial charge in [0.2, 0.25) is 17.5 Å². The summed E-state index contributed by atoms with van der Waals surface area (Å²) in [6.07, 6.45) is 7.70. The van der Waals surface area contributed by atoms with Crippen LogP contribution in [0.1, 0.15) is 32.6 Å². The molecule has 0 saturated carbocycles. The number of amides is 2. The van der Waals surface area contributed by atoms with E-state index in [0.29, 0.717) is 22.8 Å². The lowest BCUT2D eigenvalue weighted by molar-refractivity contribution is -0.117. The summed E-state index contributed by atoms with van der Waals surface area (Å²) in [6.45, 7) is 2.97. The quantitative estimate of drug-likeness (QED) is 0.648. The Balaban J connectivity index is 1.51. The van der Waals surface area contributed by atoms with Gasteiger partial charge >= 0.3 is 5.69 Å². The van der Waals surface area contributed by atoms with Crippen molar-refractivity contribution in [1.82, 2.24) is 19.2 Å². The fourth-order valence-electron chi connectivity index (χ4n) is 3.72. The Morgan fingerprint density at radius 1 is 1.00 bits per heavy atom. The first kappa shape index (κ1) is 20.6. The van der Waals surface area contributed by atoms with Crippen molar-refractivity contribution in [2.45, 2.75) is 39.2 Å². The summed E-state index contributed by atoms with van der Waals surface area (Å²) in [6, 6.07) is 6.73. The normalized spacial score (nSPS) is 14.3. The second-order valence-electron chi connectivity index (χ2n) is 7.59. The smallest absolute Gasteiger partial charge is 0.350 e. The molecular weight excluding hydrogens is 398 g/mol. The predicted octanol–water partition coefficient (Wildman–Crippen LogP) is 1.87. The van der Waals surface area contributed by atoms with Crippen LogP contribution in [0.5, 0.6) is 0 Å². The number of carbonyl (C=O) groups excluding carboxylic acids is 2. The van der Waals surface area contributed by atoms with Crippen molar-refractivity contribution in [3.63, 3.8) is 0 Å². The molecule has 0 radical (unpaired) electrons. The highest BCUT2D eigenvalue weighted by Gasteiger charge is 2.19. The summed E-state index contributed by atoms with van der Waals surface area (Å²) in [7, 11) is 0. The van der Waals surface area contributed by atoms with Crippen molar-refractivity contribution in [3.8, 4) is 0 Å². The fraction of sp³-hybridized carbons (Fsp3) is 0.381. The van der Waals surface area contributed by atoms with Crippen LogP contribution in [0.3, 0.4) is 0 Å². The third-order valence-corrected chi connectivity index (χ3v) is 5.17. The maximum Gasteiger partial charge on any atom is 0.350 e. The Morgan fingerprint density at radius 2 is 1.65 bits per heavy atom. The molecule has 1 aromatic carbocycles. The van der Waals surface area contributed by atoms with Gasteiger partial charge in [0.1, 0.15) is 6.54 Å². The van der Waals surface area contributed by atoms with Gasteiger partial charge in [0.15, 0.2) is 5.82 Å². The minimum Gasteiger partial charge on any atom is -0.353 e. The summed E-state index contributed by atoms with van der Waals surface area (Å²) in [4.78, 5) is 43.0. The molecule has 4 rings (SSSR count). The van der Waals surface area contributed by atoms with E-state index < -0.39 is 0 Å². The molecule has 0 bridgehead atoms. The van der Waals surface area contributed by atoms with Gasteiger partial charge in [-0.15, -0.1) is 5.10 Å². The molecule has 31 heavy (non-hydrogen) atoms. The standard InChI is InChI=1S/C21H25N7O3/c1-15(29)23-16-6-8-17(9-7-16)24-18(30)14-28-21(31)27-13-10-22-19(20(27)25-28)26-11-4-2-3-5-12-26/h6-10,13H,2-5,11-12,14H2,1H3,(H,23,29)(H,24,30). The van der Waals surface area contributed by atoms with Gasteiger partial charge in [-0.2, -0.15) is 0 Å². The molecule has 1 fully saturated rings. The van der Waals surface area contributed by atoms with E-state index in [9.17, 15) is 14.4 Å². The van der Waals surface area contributed by atoms with E-state index in [-0.39, 0.29) is 24.0 Å². The van der Waals surface area contributed by atoms with Crippen LogP contribution in [0, 0.1) is 0 Å². The molecule has 0 spiro atoms. The summed E-state index contributed by atoms with van der Waals surface area (Å²) < 4.78 is 2.59. The number of nitrogens with one attached hydrogen (secondary N) is 2. The molecule has 1 aliphatic rings. The number of carbonyl (C=O) groups is 2. The third-order valence-electron chi connectivity index (χ3n) is 5.17. The van der Waals surface area contributed by atoms with Gasteiger partial charge in [-0.1, -0.05) is 12.8 Å². The van der Waals surface area contributed by atoms with Gasteiger partial charge in [0.25, 0.3) is 0 Å². The topological polar surface area (TPSA) is 114 Å². The van der Waals surface area contributed by atoms with Crippen LogP contribution < -0.4 is 21.2 Å². The molecule has 2 amide bonds. The van der Waals surface area contributed by atoms with Gasteiger partial charge in [-0.05, 0) is 37.1 Å². The highest BCUT2D eigenvalue weighted by atomic mass is 16.2. The number of aromatic nitrogens is 4. The zero-order valence-electron chi connectivity index (χ0n) is 17.4. The van der Waals surface area contributed by atoms with Crippen molar-refractivity contribution in [1.29, 1.82) is 0 Å². The molecule has 2 N–H and O–H groups in total. The molecule has 1 saturated heterocycles. The van der Waals surface area contributed by atoms with E-state index in [1.807, 2.05) is 0 Å². The minimum absolute atomic E-state index is 0.169. The van der Waals surface area contributed by atoms with Crippen LogP contribution in [-0.4, -0.2) is 44.1 Å². The maximum atomic E-state index is 12.8. The first-order chi connectivity index (χ1) is 15.0. The van der Waals surface area contributed by atoms with Crippen LogP contribution in [0.15, 0.2) is 41.5 Å². The molecular formula is C21H25N7O3. The molecule has 162 valence electrons. The zero-order chi connectivity index (χ0) is 21.8. The molecule has 10 heteroatoms. The van der Waals surface area contributed by atoms with E-state index in [0.717, 1.165) is 30.6 Å². The van der Waals surface area contributed by atoms with Gasteiger partial charge in [0.05, 0.1) is 0 Å². The van der Waals surface area contributed by atoms with Crippen molar-refractivity contribution < 1.29 is 9.59 Å². The molecule has 0 unspecified atom stereocenters. The lowest BCUT2D eigenvalue weighted by Crippen LogP contribution is -2.28. The molecule has 3 heterocycles. The summed E-state index contributed by atoms with van der Waals surface area (Å²) >= 11 is 0. The molecule has 3 aromatic rings. The van der Waals surface area contributed by atoms with Crippen molar-refractivity contribution >= 4 is 34.7 Å². The highest BCUT2D eigenvalue weighted by molar-refractivity contribution is 5.92. The minimum atomic E-state index is -0.385. The summed E-state index contributed by atoms with van der Waals surface area (Å²) in [5, 5.41) is 9.81. The van der Waals surface area contributed by atoms with Gasteiger partial charge in [-0.3, -0.25) is 9.59 Å². The Labute approximate surface area is 178 Å². The van der Waals surface area contributed by atoms with E-state index in [1.165, 1.54) is 24.2 Å². The number of anilines is 3. The van der Waals surface area contributed by atoms with Gasteiger partial charge in [-0.25, -0.2) is 18.9 Å². The molecule has 10 nitrogen and oxygen atoms in total. The van der Waals surface area contributed by atoms with Gasteiger partial charge in [0, 0.05) is 43.8 Å². The fourth-order valence-corrected chi connectivity index (χ4v) is 3.72. The summed E-state index contributed by atoms with van der Waals surface area (Å²) in [5.74, 6) is 0.133. The van der Waals surface area contributed by atoms with E-state index in [1.54, 1.807) is 36.7 Å². The maximum absolute atomic E-state index is 12.8. The second kappa shape index (κ2) is 8.99. The van der Waals surface area contributed by atoms with E-state index in [2.05, 4.69) is 25.6 Å². The monoisotopic (exact) mass is 423 g/mol. The van der Waals surface area contributed by atoms with E-state index in [4.69, 9.17) is 0 Å².